The number of anilines is 1. The van der Waals surface area contributed by atoms with Crippen molar-refractivity contribution in [2.45, 2.75) is 35.4 Å². The van der Waals surface area contributed by atoms with Gasteiger partial charge in [-0.2, -0.15) is 0 Å². The fourth-order valence-electron chi connectivity index (χ4n) is 3.64. The molecule has 0 bridgehead atoms. The summed E-state index contributed by atoms with van der Waals surface area (Å²) >= 11 is 1.25. The van der Waals surface area contributed by atoms with Crippen LogP contribution in [0.3, 0.4) is 0 Å². The molecule has 2 fully saturated rings. The number of nitro benzene ring substituents is 1. The number of non-ortho nitro benzene ring substituents is 1. The molecule has 2 aliphatic rings. The number of benzene rings is 1. The van der Waals surface area contributed by atoms with Gasteiger partial charge in [0.15, 0.2) is 28.4 Å². The van der Waals surface area contributed by atoms with E-state index in [1.54, 1.807) is 12.1 Å². The number of aromatic nitrogens is 4. The molecule has 0 spiro atoms. The van der Waals surface area contributed by atoms with Gasteiger partial charge >= 0.3 is 29.6 Å². The molecular weight excluding hydrogens is 502 g/mol. The SMILES string of the molecule is Nc1ncnc2c1nc(SCc1ccc([N+](=O)[O-])cc1)n2[C@@H]1O[C@@H]2COP(=O)([O-])O[C@H]2[C@H]1O.[Na+]. The average Bonchev–Trinajstić information content (AvgIpc) is 3.30. The van der Waals surface area contributed by atoms with Gasteiger partial charge in [-0.15, -0.1) is 0 Å². The number of aliphatic hydroxyl groups excluding tert-OH is 1. The number of imidazole rings is 1. The van der Waals surface area contributed by atoms with Crippen LogP contribution in [0.4, 0.5) is 11.5 Å². The van der Waals surface area contributed by atoms with E-state index in [0.29, 0.717) is 10.9 Å². The summed E-state index contributed by atoms with van der Waals surface area (Å²) in [6, 6.07) is 6.04. The first-order valence-electron chi connectivity index (χ1n) is 9.55. The molecule has 1 unspecified atom stereocenters. The summed E-state index contributed by atoms with van der Waals surface area (Å²) in [6.07, 6.45) is -3.20. The van der Waals surface area contributed by atoms with Gasteiger partial charge < -0.3 is 29.5 Å². The van der Waals surface area contributed by atoms with Crippen molar-refractivity contribution >= 4 is 42.3 Å². The van der Waals surface area contributed by atoms with E-state index in [0.717, 1.165) is 5.56 Å². The molecule has 0 amide bonds. The van der Waals surface area contributed by atoms with Crippen LogP contribution in [0.25, 0.3) is 11.2 Å². The van der Waals surface area contributed by atoms with Crippen molar-refractivity contribution in [3.05, 3.63) is 46.3 Å². The number of hydrogen-bond acceptors (Lipinski definition) is 13. The van der Waals surface area contributed by atoms with Gasteiger partial charge in [-0.1, -0.05) is 23.9 Å². The molecule has 3 N–H and O–H groups in total. The average molecular weight is 518 g/mol. The van der Waals surface area contributed by atoms with Crippen molar-refractivity contribution in [1.29, 1.82) is 0 Å². The van der Waals surface area contributed by atoms with E-state index < -0.39 is 37.3 Å². The fourth-order valence-corrected chi connectivity index (χ4v) is 5.56. The number of nitrogens with two attached hydrogens (primary N) is 1. The minimum absolute atomic E-state index is 0. The molecule has 3 aromatic rings. The smallest absolute Gasteiger partial charge is 0.756 e. The van der Waals surface area contributed by atoms with E-state index in [9.17, 15) is 24.7 Å². The van der Waals surface area contributed by atoms with Crippen molar-refractivity contribution in [3.63, 3.8) is 0 Å². The summed E-state index contributed by atoms with van der Waals surface area (Å²) < 4.78 is 28.7. The Bertz CT molecular complexity index is 1280. The molecule has 2 aromatic heterocycles. The third-order valence-electron chi connectivity index (χ3n) is 5.20. The van der Waals surface area contributed by atoms with E-state index in [4.69, 9.17) is 15.0 Å². The Kier molecular flexibility index (Phi) is 7.32. The number of aliphatic hydroxyl groups is 1. The molecule has 0 aliphatic carbocycles. The number of nitro groups is 1. The number of thioether (sulfide) groups is 1. The predicted octanol–water partition coefficient (Wildman–Crippen LogP) is -2.24. The number of fused-ring (bicyclic) bond motifs is 2. The molecule has 0 saturated carbocycles. The van der Waals surface area contributed by atoms with Gasteiger partial charge in [0.25, 0.3) is 13.5 Å². The van der Waals surface area contributed by atoms with E-state index in [1.807, 2.05) is 0 Å². The van der Waals surface area contributed by atoms with Crippen molar-refractivity contribution in [3.8, 4) is 0 Å². The van der Waals surface area contributed by atoms with Gasteiger partial charge in [-0.3, -0.25) is 19.2 Å². The van der Waals surface area contributed by atoms with Gasteiger partial charge in [0.2, 0.25) is 0 Å². The molecule has 2 aliphatic heterocycles. The monoisotopic (exact) mass is 518 g/mol. The van der Waals surface area contributed by atoms with Gasteiger partial charge in [-0.25, -0.2) is 15.0 Å². The molecule has 2 saturated heterocycles. The normalized spacial score (nSPS) is 28.4. The van der Waals surface area contributed by atoms with Crippen LogP contribution < -0.4 is 40.2 Å². The number of nitrogens with zero attached hydrogens (tertiary/aromatic N) is 5. The third kappa shape index (κ3) is 4.73. The molecule has 5 atom stereocenters. The minimum Gasteiger partial charge on any atom is -0.756 e. The summed E-state index contributed by atoms with van der Waals surface area (Å²) in [7, 11) is -4.54. The number of rotatable bonds is 5. The standard InChI is InChI=1S/C17H17N6O8PS.Na/c18-14-11-15(20-7-19-14)22(16-12(24)13-10(30-16)5-29-32(27,28)31-13)17(21-11)33-6-8-1-3-9(4-2-8)23(25)26;/h1-4,7,10,12-13,16,24H,5-6H2,(H,27,28)(H2,18,19,20);/q;+1/p-1/t10-,12-,13-,16-;/m1./s1. The Labute approximate surface area is 217 Å². The fraction of sp³-hybridized carbons (Fsp3) is 0.353. The van der Waals surface area contributed by atoms with Crippen LogP contribution in [0.15, 0.2) is 35.7 Å². The molecule has 174 valence electrons. The predicted molar refractivity (Wildman–Crippen MR) is 111 cm³/mol. The second kappa shape index (κ2) is 9.78. The maximum atomic E-state index is 11.7. The largest absolute Gasteiger partial charge is 1.00 e. The van der Waals surface area contributed by atoms with Crippen LogP contribution in [0.5, 0.6) is 0 Å². The van der Waals surface area contributed by atoms with E-state index in [2.05, 4.69) is 19.5 Å². The van der Waals surface area contributed by atoms with Crippen LogP contribution in [-0.4, -0.2) is 54.5 Å². The van der Waals surface area contributed by atoms with E-state index >= 15 is 0 Å². The topological polar surface area (TPSA) is 201 Å². The second-order valence-electron chi connectivity index (χ2n) is 7.28. The first-order chi connectivity index (χ1) is 15.7. The van der Waals surface area contributed by atoms with Gasteiger partial charge in [0, 0.05) is 17.9 Å². The first kappa shape index (κ1) is 25.4. The molecule has 17 heteroatoms. The Hall–Kier alpha value is -1.65. The van der Waals surface area contributed by atoms with Crippen LogP contribution in [0, 0.1) is 10.1 Å². The van der Waals surface area contributed by atoms with Crippen molar-refractivity contribution < 1.29 is 62.8 Å². The molecule has 4 heterocycles. The number of phosphoric ester groups is 1. The third-order valence-corrected chi connectivity index (χ3v) is 7.19. The van der Waals surface area contributed by atoms with Crippen LogP contribution in [-0.2, 0) is 24.1 Å². The molecule has 34 heavy (non-hydrogen) atoms. The summed E-state index contributed by atoms with van der Waals surface area (Å²) in [6.45, 7) is -0.298. The van der Waals surface area contributed by atoms with Crippen LogP contribution in [0.2, 0.25) is 0 Å². The molecule has 14 nitrogen and oxygen atoms in total. The Balaban J connectivity index is 0.00000274. The maximum Gasteiger partial charge on any atom is 1.00 e. The second-order valence-corrected chi connectivity index (χ2v) is 9.58. The van der Waals surface area contributed by atoms with E-state index in [1.165, 1.54) is 34.8 Å². The van der Waals surface area contributed by atoms with Crippen LogP contribution >= 0.6 is 19.6 Å². The zero-order valence-corrected chi connectivity index (χ0v) is 21.3. The summed E-state index contributed by atoms with van der Waals surface area (Å²) in [5, 5.41) is 22.1. The minimum atomic E-state index is -4.54. The Morgan fingerprint density at radius 1 is 1.32 bits per heavy atom. The Morgan fingerprint density at radius 2 is 2.06 bits per heavy atom. The number of hydrogen-bond donors (Lipinski definition) is 2. The van der Waals surface area contributed by atoms with Gasteiger partial charge in [-0.05, 0) is 5.56 Å². The summed E-state index contributed by atoms with van der Waals surface area (Å²) in [5.74, 6) is 0.490. The van der Waals surface area contributed by atoms with Crippen molar-refractivity contribution in [1.82, 2.24) is 19.5 Å². The van der Waals surface area contributed by atoms with Crippen LogP contribution in [0.1, 0.15) is 11.8 Å². The Morgan fingerprint density at radius 3 is 2.76 bits per heavy atom. The molecule has 5 rings (SSSR count). The van der Waals surface area contributed by atoms with Crippen molar-refractivity contribution in [2.24, 2.45) is 0 Å². The number of nitrogen functional groups attached to an aromatic ring is 1. The molecule has 0 radical (unpaired) electrons. The molecular formula is C17H16N6NaO8PS. The zero-order valence-electron chi connectivity index (χ0n) is 17.6. The quantitative estimate of drug-likeness (QED) is 0.121. The zero-order chi connectivity index (χ0) is 23.3. The first-order valence-corrected chi connectivity index (χ1v) is 12.0. The summed E-state index contributed by atoms with van der Waals surface area (Å²) in [4.78, 5) is 34.7. The van der Waals surface area contributed by atoms with E-state index in [-0.39, 0.29) is 58.8 Å². The summed E-state index contributed by atoms with van der Waals surface area (Å²) in [5.41, 5.74) is 7.27. The van der Waals surface area contributed by atoms with Gasteiger partial charge in [0.05, 0.1) is 11.5 Å². The number of phosphoric acid groups is 1. The van der Waals surface area contributed by atoms with Crippen molar-refractivity contribution in [2.75, 3.05) is 12.3 Å². The molecule has 1 aromatic carbocycles. The number of ether oxygens (including phenoxy) is 1. The van der Waals surface area contributed by atoms with Gasteiger partial charge in [0.1, 0.15) is 24.6 Å². The maximum absolute atomic E-state index is 11.7.